The SMILES string of the molecule is CCCN1CCC(CN=C(NCC)NCCCOCC2CCCO2)C1.I. The highest BCUT2D eigenvalue weighted by molar-refractivity contribution is 14.0. The van der Waals surface area contributed by atoms with Crippen molar-refractivity contribution < 1.29 is 9.47 Å². The van der Waals surface area contributed by atoms with Gasteiger partial charge in [0.25, 0.3) is 0 Å². The van der Waals surface area contributed by atoms with E-state index in [0.29, 0.717) is 12.0 Å². The minimum atomic E-state index is 0. The van der Waals surface area contributed by atoms with Crippen LogP contribution in [-0.4, -0.2) is 76.1 Å². The third kappa shape index (κ3) is 9.71. The lowest BCUT2D eigenvalue weighted by atomic mass is 10.1. The fourth-order valence-corrected chi connectivity index (χ4v) is 3.51. The van der Waals surface area contributed by atoms with Crippen molar-refractivity contribution >= 4 is 29.9 Å². The van der Waals surface area contributed by atoms with Gasteiger partial charge in [0, 0.05) is 39.4 Å². The predicted molar refractivity (Wildman–Crippen MR) is 119 cm³/mol. The van der Waals surface area contributed by atoms with Crippen LogP contribution in [0.3, 0.4) is 0 Å². The van der Waals surface area contributed by atoms with Crippen LogP contribution in [0.4, 0.5) is 0 Å². The molecule has 0 aromatic carbocycles. The molecule has 2 aliphatic heterocycles. The van der Waals surface area contributed by atoms with Gasteiger partial charge in [0.1, 0.15) is 0 Å². The van der Waals surface area contributed by atoms with Gasteiger partial charge in [0.15, 0.2) is 5.96 Å². The number of hydrogen-bond donors (Lipinski definition) is 2. The van der Waals surface area contributed by atoms with Crippen LogP contribution in [0, 0.1) is 5.92 Å². The van der Waals surface area contributed by atoms with Crippen LogP contribution in [0.15, 0.2) is 4.99 Å². The summed E-state index contributed by atoms with van der Waals surface area (Å²) >= 11 is 0. The van der Waals surface area contributed by atoms with Crippen LogP contribution >= 0.6 is 24.0 Å². The Kier molecular flexibility index (Phi) is 13.7. The largest absolute Gasteiger partial charge is 0.379 e. The molecule has 0 aromatic rings. The van der Waals surface area contributed by atoms with Crippen molar-refractivity contribution in [3.8, 4) is 0 Å². The lowest BCUT2D eigenvalue weighted by Gasteiger charge is -2.15. The van der Waals surface area contributed by atoms with E-state index in [-0.39, 0.29) is 24.0 Å². The van der Waals surface area contributed by atoms with Crippen LogP contribution < -0.4 is 10.6 Å². The molecule has 2 N–H and O–H groups in total. The Bertz CT molecular complexity index is 379. The van der Waals surface area contributed by atoms with Crippen LogP contribution in [0.1, 0.15) is 46.0 Å². The second kappa shape index (κ2) is 14.9. The smallest absolute Gasteiger partial charge is 0.191 e. The molecule has 26 heavy (non-hydrogen) atoms. The molecule has 0 amide bonds. The molecule has 0 bridgehead atoms. The lowest BCUT2D eigenvalue weighted by molar-refractivity contribution is 0.0168. The molecule has 2 aliphatic rings. The number of guanidine groups is 1. The number of hydrogen-bond acceptors (Lipinski definition) is 4. The molecule has 2 heterocycles. The Morgan fingerprint density at radius 2 is 2.15 bits per heavy atom. The van der Waals surface area contributed by atoms with Crippen LogP contribution in [0.2, 0.25) is 0 Å². The molecule has 0 aromatic heterocycles. The van der Waals surface area contributed by atoms with Gasteiger partial charge in [-0.1, -0.05) is 6.92 Å². The first-order valence-corrected chi connectivity index (χ1v) is 10.3. The molecule has 2 atom stereocenters. The van der Waals surface area contributed by atoms with Crippen LogP contribution in [-0.2, 0) is 9.47 Å². The first-order valence-electron chi connectivity index (χ1n) is 10.3. The summed E-state index contributed by atoms with van der Waals surface area (Å²) in [5.74, 6) is 1.65. The number of nitrogens with zero attached hydrogens (tertiary/aromatic N) is 2. The third-order valence-corrected chi connectivity index (χ3v) is 4.85. The van der Waals surface area contributed by atoms with Crippen molar-refractivity contribution in [1.29, 1.82) is 0 Å². The molecule has 7 heteroatoms. The average Bonchev–Trinajstić information content (AvgIpc) is 3.28. The van der Waals surface area contributed by atoms with E-state index in [2.05, 4.69) is 29.4 Å². The standard InChI is InChI=1S/C19H38N4O2.HI/c1-3-10-23-11-8-17(15-23)14-22-19(20-4-2)21-9-6-12-24-16-18-7-5-13-25-18;/h17-18H,3-16H2,1-2H3,(H2,20,21,22);1H. The molecular formula is C19H39IN4O2. The van der Waals surface area contributed by atoms with Crippen molar-refractivity contribution in [2.45, 2.75) is 52.1 Å². The van der Waals surface area contributed by atoms with Gasteiger partial charge in [-0.2, -0.15) is 0 Å². The zero-order valence-electron chi connectivity index (χ0n) is 16.7. The zero-order valence-corrected chi connectivity index (χ0v) is 19.0. The second-order valence-electron chi connectivity index (χ2n) is 7.17. The van der Waals surface area contributed by atoms with E-state index in [0.717, 1.165) is 58.3 Å². The van der Waals surface area contributed by atoms with Gasteiger partial charge >= 0.3 is 0 Å². The van der Waals surface area contributed by atoms with Crippen LogP contribution in [0.5, 0.6) is 0 Å². The minimum Gasteiger partial charge on any atom is -0.379 e. The van der Waals surface area contributed by atoms with E-state index in [1.165, 1.54) is 38.9 Å². The fraction of sp³-hybridized carbons (Fsp3) is 0.947. The number of halogens is 1. The number of rotatable bonds is 11. The molecule has 2 unspecified atom stereocenters. The first kappa shape index (κ1) is 23.9. The molecule has 0 saturated carbocycles. The van der Waals surface area contributed by atoms with Crippen molar-refractivity contribution in [1.82, 2.24) is 15.5 Å². The maximum atomic E-state index is 5.70. The summed E-state index contributed by atoms with van der Waals surface area (Å²) in [6, 6.07) is 0. The van der Waals surface area contributed by atoms with E-state index in [1.807, 2.05) is 0 Å². The van der Waals surface area contributed by atoms with Gasteiger partial charge in [-0.05, 0) is 58.0 Å². The van der Waals surface area contributed by atoms with Crippen molar-refractivity contribution in [3.63, 3.8) is 0 Å². The Hall–Kier alpha value is -0.120. The summed E-state index contributed by atoms with van der Waals surface area (Å²) in [4.78, 5) is 7.34. The fourth-order valence-electron chi connectivity index (χ4n) is 3.51. The Morgan fingerprint density at radius 1 is 1.27 bits per heavy atom. The number of aliphatic imine (C=N–C) groups is 1. The number of ether oxygens (including phenoxy) is 2. The first-order chi connectivity index (χ1) is 12.3. The molecule has 2 saturated heterocycles. The van der Waals surface area contributed by atoms with E-state index in [1.54, 1.807) is 0 Å². The Morgan fingerprint density at radius 3 is 2.88 bits per heavy atom. The molecule has 2 fully saturated rings. The summed E-state index contributed by atoms with van der Waals surface area (Å²) < 4.78 is 11.3. The lowest BCUT2D eigenvalue weighted by Crippen LogP contribution is -2.38. The Labute approximate surface area is 176 Å². The van der Waals surface area contributed by atoms with Gasteiger partial charge in [-0.25, -0.2) is 0 Å². The number of likely N-dealkylation sites (tertiary alicyclic amines) is 1. The molecule has 154 valence electrons. The molecule has 0 spiro atoms. The summed E-state index contributed by atoms with van der Waals surface area (Å²) in [6.45, 7) is 13.2. The van der Waals surface area contributed by atoms with E-state index in [9.17, 15) is 0 Å². The van der Waals surface area contributed by atoms with Crippen molar-refractivity contribution in [3.05, 3.63) is 0 Å². The monoisotopic (exact) mass is 482 g/mol. The average molecular weight is 482 g/mol. The topological polar surface area (TPSA) is 58.1 Å². The highest BCUT2D eigenvalue weighted by Gasteiger charge is 2.21. The molecular weight excluding hydrogens is 443 g/mol. The third-order valence-electron chi connectivity index (χ3n) is 4.85. The minimum absolute atomic E-state index is 0. The summed E-state index contributed by atoms with van der Waals surface area (Å²) in [6.07, 6.45) is 6.16. The van der Waals surface area contributed by atoms with Gasteiger partial charge in [-0.3, -0.25) is 4.99 Å². The van der Waals surface area contributed by atoms with Gasteiger partial charge in [0.05, 0.1) is 12.7 Å². The molecule has 2 rings (SSSR count). The predicted octanol–water partition coefficient (Wildman–Crippen LogP) is 2.48. The highest BCUT2D eigenvalue weighted by Crippen LogP contribution is 2.16. The van der Waals surface area contributed by atoms with Gasteiger partial charge < -0.3 is 25.0 Å². The van der Waals surface area contributed by atoms with Crippen molar-refractivity contribution in [2.24, 2.45) is 10.9 Å². The molecule has 0 aliphatic carbocycles. The number of nitrogens with one attached hydrogen (secondary N) is 2. The summed E-state index contributed by atoms with van der Waals surface area (Å²) in [5, 5.41) is 6.77. The van der Waals surface area contributed by atoms with Crippen molar-refractivity contribution in [2.75, 3.05) is 59.1 Å². The maximum absolute atomic E-state index is 5.70. The van der Waals surface area contributed by atoms with Gasteiger partial charge in [0.2, 0.25) is 0 Å². The maximum Gasteiger partial charge on any atom is 0.191 e. The van der Waals surface area contributed by atoms with E-state index >= 15 is 0 Å². The van der Waals surface area contributed by atoms with E-state index in [4.69, 9.17) is 14.5 Å². The summed E-state index contributed by atoms with van der Waals surface area (Å²) in [5.41, 5.74) is 0. The molecule has 6 nitrogen and oxygen atoms in total. The highest BCUT2D eigenvalue weighted by atomic mass is 127. The Balaban J connectivity index is 0.00000338. The zero-order chi connectivity index (χ0) is 17.7. The van der Waals surface area contributed by atoms with Crippen LogP contribution in [0.25, 0.3) is 0 Å². The second-order valence-corrected chi connectivity index (χ2v) is 7.17. The summed E-state index contributed by atoms with van der Waals surface area (Å²) in [7, 11) is 0. The van der Waals surface area contributed by atoms with Gasteiger partial charge in [-0.15, -0.1) is 24.0 Å². The normalized spacial score (nSPS) is 23.8. The molecule has 0 radical (unpaired) electrons. The van der Waals surface area contributed by atoms with E-state index < -0.39 is 0 Å². The quantitative estimate of drug-likeness (QED) is 0.205.